The molecule has 2 heterocycles. The Morgan fingerprint density at radius 2 is 2.22 bits per heavy atom. The molecule has 0 unspecified atom stereocenters. The largest absolute Gasteiger partial charge is 0.494 e. The molecule has 2 aromatic rings. The van der Waals surface area contributed by atoms with Crippen molar-refractivity contribution >= 4 is 5.91 Å². The second kappa shape index (κ2) is 8.23. The summed E-state index contributed by atoms with van der Waals surface area (Å²) in [5, 5.41) is 10.8. The standard InChI is InChI=1S/C15H21N5O3/c1-11-8-12(13(23-3)9-17-11)15(21)16-5-4-14-19-18-10-20(14)6-7-22-2/h8-10H,4-7H2,1-3H3,(H,16,21). The predicted octanol–water partition coefficient (Wildman–Crippen LogP) is 0.609. The molecule has 0 aromatic carbocycles. The van der Waals surface area contributed by atoms with Gasteiger partial charge in [0, 0.05) is 32.3 Å². The Hall–Kier alpha value is -2.48. The summed E-state index contributed by atoms with van der Waals surface area (Å²) in [7, 11) is 3.16. The highest BCUT2D eigenvalue weighted by atomic mass is 16.5. The molecule has 0 atom stereocenters. The Balaban J connectivity index is 1.93. The van der Waals surface area contributed by atoms with Crippen molar-refractivity contribution in [1.29, 1.82) is 0 Å². The molecule has 0 aliphatic rings. The molecule has 0 fully saturated rings. The van der Waals surface area contributed by atoms with E-state index in [0.717, 1.165) is 11.5 Å². The molecule has 0 bridgehead atoms. The fraction of sp³-hybridized carbons (Fsp3) is 0.467. The van der Waals surface area contributed by atoms with Crippen LogP contribution in [0.25, 0.3) is 0 Å². The molecular formula is C15H21N5O3. The third-order valence-electron chi connectivity index (χ3n) is 3.33. The lowest BCUT2D eigenvalue weighted by atomic mass is 10.2. The van der Waals surface area contributed by atoms with E-state index < -0.39 is 0 Å². The molecule has 0 saturated heterocycles. The van der Waals surface area contributed by atoms with Crippen molar-refractivity contribution in [2.45, 2.75) is 19.9 Å². The van der Waals surface area contributed by atoms with Crippen molar-refractivity contribution in [1.82, 2.24) is 25.1 Å². The van der Waals surface area contributed by atoms with Crippen LogP contribution in [0.2, 0.25) is 0 Å². The maximum absolute atomic E-state index is 12.3. The lowest BCUT2D eigenvalue weighted by molar-refractivity contribution is 0.0950. The minimum absolute atomic E-state index is 0.199. The number of nitrogens with zero attached hydrogens (tertiary/aromatic N) is 4. The van der Waals surface area contributed by atoms with E-state index in [9.17, 15) is 4.79 Å². The number of amides is 1. The Morgan fingerprint density at radius 3 is 2.96 bits per heavy atom. The van der Waals surface area contributed by atoms with Crippen molar-refractivity contribution in [2.75, 3.05) is 27.4 Å². The summed E-state index contributed by atoms with van der Waals surface area (Å²) >= 11 is 0. The summed E-state index contributed by atoms with van der Waals surface area (Å²) in [5.74, 6) is 1.06. The van der Waals surface area contributed by atoms with Crippen LogP contribution in [0.4, 0.5) is 0 Å². The number of hydrogen-bond acceptors (Lipinski definition) is 6. The maximum Gasteiger partial charge on any atom is 0.255 e. The van der Waals surface area contributed by atoms with Crippen LogP contribution >= 0.6 is 0 Å². The van der Waals surface area contributed by atoms with Gasteiger partial charge < -0.3 is 19.4 Å². The molecule has 1 amide bonds. The van der Waals surface area contributed by atoms with Gasteiger partial charge in [-0.2, -0.15) is 0 Å². The van der Waals surface area contributed by atoms with Crippen LogP contribution in [-0.2, 0) is 17.7 Å². The molecule has 0 aliphatic heterocycles. The van der Waals surface area contributed by atoms with Crippen molar-refractivity contribution in [3.05, 3.63) is 35.7 Å². The number of methoxy groups -OCH3 is 2. The minimum atomic E-state index is -0.199. The maximum atomic E-state index is 12.3. The number of aryl methyl sites for hydroxylation is 1. The van der Waals surface area contributed by atoms with Gasteiger partial charge in [0.05, 0.1) is 25.5 Å². The molecule has 8 heteroatoms. The number of carbonyl (C=O) groups excluding carboxylic acids is 1. The molecule has 0 radical (unpaired) electrons. The van der Waals surface area contributed by atoms with E-state index in [-0.39, 0.29) is 5.91 Å². The van der Waals surface area contributed by atoms with Crippen LogP contribution in [0.3, 0.4) is 0 Å². The number of nitrogens with one attached hydrogen (secondary N) is 1. The zero-order valence-electron chi connectivity index (χ0n) is 13.6. The molecule has 1 N–H and O–H groups in total. The van der Waals surface area contributed by atoms with Gasteiger partial charge in [0.25, 0.3) is 5.91 Å². The summed E-state index contributed by atoms with van der Waals surface area (Å²) < 4.78 is 12.1. The lowest BCUT2D eigenvalue weighted by Gasteiger charge is -2.10. The molecule has 0 saturated carbocycles. The second-order valence-electron chi connectivity index (χ2n) is 4.97. The summed E-state index contributed by atoms with van der Waals surface area (Å²) in [4.78, 5) is 16.4. The second-order valence-corrected chi connectivity index (χ2v) is 4.97. The van der Waals surface area contributed by atoms with E-state index in [1.54, 1.807) is 25.7 Å². The highest BCUT2D eigenvalue weighted by Gasteiger charge is 2.13. The zero-order chi connectivity index (χ0) is 16.7. The van der Waals surface area contributed by atoms with Gasteiger partial charge >= 0.3 is 0 Å². The number of hydrogen-bond donors (Lipinski definition) is 1. The van der Waals surface area contributed by atoms with Crippen LogP contribution in [0.5, 0.6) is 5.75 Å². The first-order chi connectivity index (χ1) is 11.2. The summed E-state index contributed by atoms with van der Waals surface area (Å²) in [6.07, 6.45) is 3.79. The number of aromatic nitrogens is 4. The monoisotopic (exact) mass is 319 g/mol. The average Bonchev–Trinajstić information content (AvgIpc) is 3.00. The fourth-order valence-corrected chi connectivity index (χ4v) is 2.12. The Bertz CT molecular complexity index is 656. The van der Waals surface area contributed by atoms with Crippen LogP contribution in [0.1, 0.15) is 21.9 Å². The molecule has 0 aliphatic carbocycles. The highest BCUT2D eigenvalue weighted by molar-refractivity contribution is 5.96. The smallest absolute Gasteiger partial charge is 0.255 e. The Labute approximate surface area is 134 Å². The van der Waals surface area contributed by atoms with E-state index in [1.165, 1.54) is 7.11 Å². The van der Waals surface area contributed by atoms with E-state index >= 15 is 0 Å². The Kier molecular flexibility index (Phi) is 6.04. The molecule has 124 valence electrons. The van der Waals surface area contributed by atoms with Gasteiger partial charge in [-0.3, -0.25) is 9.78 Å². The number of rotatable bonds is 8. The van der Waals surface area contributed by atoms with Gasteiger partial charge in [-0.05, 0) is 13.0 Å². The normalized spacial score (nSPS) is 10.6. The quantitative estimate of drug-likeness (QED) is 0.766. The van der Waals surface area contributed by atoms with Gasteiger partial charge in [0.1, 0.15) is 17.9 Å². The minimum Gasteiger partial charge on any atom is -0.494 e. The van der Waals surface area contributed by atoms with E-state index in [2.05, 4.69) is 20.5 Å². The topological polar surface area (TPSA) is 91.2 Å². The molecule has 8 nitrogen and oxygen atoms in total. The molecule has 2 rings (SSSR count). The molecule has 2 aromatic heterocycles. The van der Waals surface area contributed by atoms with Crippen LogP contribution in [0.15, 0.2) is 18.6 Å². The van der Waals surface area contributed by atoms with Crippen molar-refractivity contribution in [2.24, 2.45) is 0 Å². The number of ether oxygens (including phenoxy) is 2. The van der Waals surface area contributed by atoms with E-state index in [1.807, 2.05) is 11.5 Å². The zero-order valence-corrected chi connectivity index (χ0v) is 13.6. The highest BCUT2D eigenvalue weighted by Crippen LogP contribution is 2.17. The third kappa shape index (κ3) is 4.49. The van der Waals surface area contributed by atoms with Crippen LogP contribution in [-0.4, -0.2) is 53.0 Å². The summed E-state index contributed by atoms with van der Waals surface area (Å²) in [6, 6.07) is 1.70. The molecule has 23 heavy (non-hydrogen) atoms. The van der Waals surface area contributed by atoms with Gasteiger partial charge in [-0.15, -0.1) is 10.2 Å². The van der Waals surface area contributed by atoms with Gasteiger partial charge in [0.15, 0.2) is 0 Å². The first-order valence-corrected chi connectivity index (χ1v) is 7.30. The van der Waals surface area contributed by atoms with Crippen molar-refractivity contribution in [3.8, 4) is 5.75 Å². The number of pyridine rings is 1. The van der Waals surface area contributed by atoms with Gasteiger partial charge in [-0.25, -0.2) is 0 Å². The third-order valence-corrected chi connectivity index (χ3v) is 3.33. The fourth-order valence-electron chi connectivity index (χ4n) is 2.12. The summed E-state index contributed by atoms with van der Waals surface area (Å²) in [5.41, 5.74) is 1.23. The first-order valence-electron chi connectivity index (χ1n) is 7.30. The molecule has 0 spiro atoms. The van der Waals surface area contributed by atoms with Gasteiger partial charge in [-0.1, -0.05) is 0 Å². The molecular weight excluding hydrogens is 298 g/mol. The van der Waals surface area contributed by atoms with Crippen LogP contribution in [0, 0.1) is 6.92 Å². The lowest BCUT2D eigenvalue weighted by Crippen LogP contribution is -2.27. The van der Waals surface area contributed by atoms with E-state index in [4.69, 9.17) is 9.47 Å². The van der Waals surface area contributed by atoms with E-state index in [0.29, 0.717) is 37.4 Å². The van der Waals surface area contributed by atoms with Gasteiger partial charge in [0.2, 0.25) is 0 Å². The number of carbonyl (C=O) groups is 1. The van der Waals surface area contributed by atoms with Crippen molar-refractivity contribution in [3.63, 3.8) is 0 Å². The Morgan fingerprint density at radius 1 is 1.39 bits per heavy atom. The first kappa shape index (κ1) is 16.9. The van der Waals surface area contributed by atoms with Crippen LogP contribution < -0.4 is 10.1 Å². The van der Waals surface area contributed by atoms with Crippen molar-refractivity contribution < 1.29 is 14.3 Å². The average molecular weight is 319 g/mol. The predicted molar refractivity (Wildman–Crippen MR) is 83.5 cm³/mol. The SMILES string of the molecule is COCCn1cnnc1CCNC(=O)c1cc(C)ncc1OC. The summed E-state index contributed by atoms with van der Waals surface area (Å²) in [6.45, 7) is 3.55.